The third-order valence-electron chi connectivity index (χ3n) is 6.03. The van der Waals surface area contributed by atoms with E-state index in [9.17, 15) is 26.7 Å². The molecule has 1 amide bonds. The number of amides is 1. The van der Waals surface area contributed by atoms with Crippen molar-refractivity contribution in [2.75, 3.05) is 25.5 Å². The number of hydrogen-bond acceptors (Lipinski definition) is 7. The Kier molecular flexibility index (Phi) is 7.02. The molecule has 14 heteroatoms. The van der Waals surface area contributed by atoms with E-state index in [0.717, 1.165) is 4.90 Å². The fraction of sp³-hybridized carbons (Fsp3) is 0.435. The molecule has 1 fully saturated rings. The van der Waals surface area contributed by atoms with Gasteiger partial charge in [0.2, 0.25) is 11.8 Å². The van der Waals surface area contributed by atoms with Gasteiger partial charge in [0.1, 0.15) is 0 Å². The van der Waals surface area contributed by atoms with Gasteiger partial charge in [-0.05, 0) is 12.0 Å². The lowest BCUT2D eigenvalue weighted by Gasteiger charge is -2.43. The molecule has 0 bridgehead atoms. The van der Waals surface area contributed by atoms with Crippen molar-refractivity contribution in [2.45, 2.75) is 31.5 Å². The number of carbonyl (C=O) groups excluding carboxylic acids is 1. The number of pyridine rings is 1. The highest BCUT2D eigenvalue weighted by Gasteiger charge is 2.47. The zero-order valence-corrected chi connectivity index (χ0v) is 20.1. The first-order valence-electron chi connectivity index (χ1n) is 11.2. The van der Waals surface area contributed by atoms with Crippen LogP contribution in [0.1, 0.15) is 29.4 Å². The number of nitrogens with zero attached hydrogens (tertiary/aromatic N) is 6. The molecular formula is C23H24F5N7O2. The monoisotopic (exact) mass is 525 g/mol. The Morgan fingerprint density at radius 3 is 2.59 bits per heavy atom. The van der Waals surface area contributed by atoms with Gasteiger partial charge in [-0.25, -0.2) is 23.7 Å². The van der Waals surface area contributed by atoms with Crippen LogP contribution in [0.5, 0.6) is 5.88 Å². The van der Waals surface area contributed by atoms with Crippen molar-refractivity contribution >= 4 is 11.9 Å². The van der Waals surface area contributed by atoms with Crippen LogP contribution in [0.15, 0.2) is 36.8 Å². The lowest BCUT2D eigenvalue weighted by molar-refractivity contribution is -0.138. The number of aromatic nitrogens is 5. The molecule has 2 atom stereocenters. The van der Waals surface area contributed by atoms with Crippen molar-refractivity contribution in [3.05, 3.63) is 48.0 Å². The van der Waals surface area contributed by atoms with Crippen LogP contribution >= 0.6 is 0 Å². The summed E-state index contributed by atoms with van der Waals surface area (Å²) in [6.07, 6.45) is -2.26. The van der Waals surface area contributed by atoms with E-state index < -0.39 is 48.5 Å². The summed E-state index contributed by atoms with van der Waals surface area (Å²) >= 11 is 0. The lowest BCUT2D eigenvalue weighted by atomic mass is 9.88. The molecule has 0 radical (unpaired) electrons. The van der Waals surface area contributed by atoms with Gasteiger partial charge in [-0.3, -0.25) is 9.48 Å². The Balaban J connectivity index is 1.62. The number of ether oxygens (including phenoxy) is 1. The number of carbonyl (C=O) groups is 1. The smallest absolute Gasteiger partial charge is 0.419 e. The van der Waals surface area contributed by atoms with E-state index >= 15 is 0 Å². The number of likely N-dealkylation sites (tertiary alicyclic amines) is 1. The molecule has 0 aromatic carbocycles. The number of aryl methyl sites for hydroxylation is 1. The predicted octanol–water partition coefficient (Wildman–Crippen LogP) is 3.90. The van der Waals surface area contributed by atoms with Gasteiger partial charge in [-0.2, -0.15) is 18.3 Å². The van der Waals surface area contributed by atoms with E-state index in [0.29, 0.717) is 29.5 Å². The maximum absolute atomic E-state index is 14.6. The number of methoxy groups -OCH3 is 1. The van der Waals surface area contributed by atoms with Crippen LogP contribution in [0.25, 0.3) is 11.3 Å². The third kappa shape index (κ3) is 5.78. The van der Waals surface area contributed by atoms with Crippen LogP contribution in [-0.2, 0) is 13.2 Å². The summed E-state index contributed by atoms with van der Waals surface area (Å²) in [5, 5.41) is 6.99. The standard InChI is InChI=1S/C23H24F5N7O2/c1-13-7-22(24,25)12-35(17(13)10-31-21-29-8-14(9-30-21)23(26,27)28)20(36)19-15(11-34(2)33-19)16-5-4-6-18(32-16)37-3/h4-6,8-9,11,13,17H,7,10,12H2,1-3H3,(H,29,30,31). The third-order valence-corrected chi connectivity index (χ3v) is 6.03. The lowest BCUT2D eigenvalue weighted by Crippen LogP contribution is -2.57. The molecule has 2 unspecified atom stereocenters. The number of hydrogen-bond donors (Lipinski definition) is 1. The van der Waals surface area contributed by atoms with Gasteiger partial charge in [0, 0.05) is 44.7 Å². The minimum atomic E-state index is -4.59. The van der Waals surface area contributed by atoms with Gasteiger partial charge >= 0.3 is 6.18 Å². The Hall–Kier alpha value is -3.84. The zero-order chi connectivity index (χ0) is 27.0. The van der Waals surface area contributed by atoms with Crippen molar-refractivity contribution in [1.82, 2.24) is 29.6 Å². The van der Waals surface area contributed by atoms with Crippen LogP contribution < -0.4 is 10.1 Å². The Bertz CT molecular complexity index is 1260. The van der Waals surface area contributed by atoms with Crippen LogP contribution in [0, 0.1) is 5.92 Å². The molecule has 0 spiro atoms. The van der Waals surface area contributed by atoms with Gasteiger partial charge in [0.25, 0.3) is 11.8 Å². The molecule has 37 heavy (non-hydrogen) atoms. The van der Waals surface area contributed by atoms with Crippen LogP contribution in [-0.4, -0.2) is 67.7 Å². The number of anilines is 1. The maximum Gasteiger partial charge on any atom is 0.419 e. The van der Waals surface area contributed by atoms with Crippen molar-refractivity contribution in [1.29, 1.82) is 0 Å². The molecule has 0 saturated carbocycles. The van der Waals surface area contributed by atoms with E-state index in [1.54, 1.807) is 38.4 Å². The second-order valence-electron chi connectivity index (χ2n) is 8.84. The van der Waals surface area contributed by atoms with Gasteiger partial charge < -0.3 is 15.0 Å². The van der Waals surface area contributed by atoms with E-state index in [1.165, 1.54) is 11.8 Å². The minimum absolute atomic E-state index is 0.0616. The first kappa shape index (κ1) is 26.2. The SMILES string of the molecule is COc1cccc(-c2cn(C)nc2C(=O)N2CC(F)(F)CC(C)C2CNc2ncc(C(F)(F)F)cn2)n1. The molecule has 3 aromatic rings. The Labute approximate surface area is 208 Å². The summed E-state index contributed by atoms with van der Waals surface area (Å²) in [4.78, 5) is 26.3. The molecule has 1 aliphatic rings. The summed E-state index contributed by atoms with van der Waals surface area (Å²) in [7, 11) is 3.03. The number of nitrogens with one attached hydrogen (secondary N) is 1. The fourth-order valence-corrected chi connectivity index (χ4v) is 4.29. The van der Waals surface area contributed by atoms with Crippen molar-refractivity contribution < 1.29 is 31.5 Å². The average Bonchev–Trinajstić information content (AvgIpc) is 3.23. The molecule has 1 N–H and O–H groups in total. The van der Waals surface area contributed by atoms with Crippen molar-refractivity contribution in [3.63, 3.8) is 0 Å². The van der Waals surface area contributed by atoms with E-state index in [-0.39, 0.29) is 18.2 Å². The largest absolute Gasteiger partial charge is 0.481 e. The van der Waals surface area contributed by atoms with Gasteiger partial charge in [0.15, 0.2) is 5.69 Å². The fourth-order valence-electron chi connectivity index (χ4n) is 4.29. The normalized spacial score (nSPS) is 19.5. The predicted molar refractivity (Wildman–Crippen MR) is 122 cm³/mol. The maximum atomic E-state index is 14.6. The minimum Gasteiger partial charge on any atom is -0.481 e. The number of halogens is 5. The summed E-state index contributed by atoms with van der Waals surface area (Å²) in [6, 6.07) is 4.20. The number of alkyl halides is 5. The van der Waals surface area contributed by atoms with E-state index in [4.69, 9.17) is 4.74 Å². The highest BCUT2D eigenvalue weighted by atomic mass is 19.4. The summed E-state index contributed by atoms with van der Waals surface area (Å²) in [5.41, 5.74) is -0.371. The number of piperidine rings is 1. The molecule has 1 aliphatic heterocycles. The van der Waals surface area contributed by atoms with Gasteiger partial charge in [-0.15, -0.1) is 0 Å². The first-order valence-corrected chi connectivity index (χ1v) is 11.2. The second-order valence-corrected chi connectivity index (χ2v) is 8.84. The Morgan fingerprint density at radius 1 is 1.24 bits per heavy atom. The summed E-state index contributed by atoms with van der Waals surface area (Å²) in [6.45, 7) is 0.669. The topological polar surface area (TPSA) is 98.1 Å². The van der Waals surface area contributed by atoms with Gasteiger partial charge in [0.05, 0.1) is 36.5 Å². The van der Waals surface area contributed by atoms with Crippen molar-refractivity contribution in [2.24, 2.45) is 13.0 Å². The zero-order valence-electron chi connectivity index (χ0n) is 20.1. The highest BCUT2D eigenvalue weighted by molar-refractivity contribution is 5.99. The van der Waals surface area contributed by atoms with Crippen LogP contribution in [0.4, 0.5) is 27.9 Å². The van der Waals surface area contributed by atoms with E-state index in [2.05, 4.69) is 25.4 Å². The van der Waals surface area contributed by atoms with E-state index in [1.807, 2.05) is 0 Å². The van der Waals surface area contributed by atoms with Crippen molar-refractivity contribution in [3.8, 4) is 17.1 Å². The second kappa shape index (κ2) is 9.90. The molecule has 9 nitrogen and oxygen atoms in total. The molecule has 1 saturated heterocycles. The molecule has 3 aromatic heterocycles. The average molecular weight is 525 g/mol. The summed E-state index contributed by atoms with van der Waals surface area (Å²) in [5.74, 6) is -4.34. The molecule has 0 aliphatic carbocycles. The highest BCUT2D eigenvalue weighted by Crippen LogP contribution is 2.36. The quantitative estimate of drug-likeness (QED) is 0.488. The molecule has 4 rings (SSSR count). The first-order chi connectivity index (χ1) is 17.4. The Morgan fingerprint density at radius 2 is 1.95 bits per heavy atom. The van der Waals surface area contributed by atoms with Crippen LogP contribution in [0.2, 0.25) is 0 Å². The molecule has 4 heterocycles. The number of rotatable bonds is 6. The molecular weight excluding hydrogens is 501 g/mol. The molecule has 198 valence electrons. The van der Waals surface area contributed by atoms with Gasteiger partial charge in [-0.1, -0.05) is 13.0 Å². The van der Waals surface area contributed by atoms with Crippen LogP contribution in [0.3, 0.4) is 0 Å². The summed E-state index contributed by atoms with van der Waals surface area (Å²) < 4.78 is 74.1.